The molecule has 0 aliphatic carbocycles. The number of amides is 1. The zero-order chi connectivity index (χ0) is 17.4. The second-order valence-corrected chi connectivity index (χ2v) is 5.85. The monoisotopic (exact) mass is 347 g/mol. The maximum absolute atomic E-state index is 12.7. The van der Waals surface area contributed by atoms with Gasteiger partial charge in [0.25, 0.3) is 11.6 Å². The molecule has 1 aliphatic rings. The molecule has 1 amide bonds. The number of ether oxygens (including phenoxy) is 1. The lowest BCUT2D eigenvalue weighted by atomic mass is 10.1. The Kier molecular flexibility index (Phi) is 4.11. The van der Waals surface area contributed by atoms with Gasteiger partial charge in [0.15, 0.2) is 0 Å². The van der Waals surface area contributed by atoms with Crippen LogP contribution in [0.25, 0.3) is 0 Å². The number of rotatable bonds is 3. The number of nitro benzene ring substituents is 1. The molecule has 0 saturated heterocycles. The van der Waals surface area contributed by atoms with Gasteiger partial charge >= 0.3 is 0 Å². The van der Waals surface area contributed by atoms with Gasteiger partial charge in [-0.05, 0) is 31.0 Å². The molecule has 0 atom stereocenters. The van der Waals surface area contributed by atoms with Gasteiger partial charge in [0.2, 0.25) is 5.88 Å². The van der Waals surface area contributed by atoms with Gasteiger partial charge in [0, 0.05) is 24.4 Å². The smallest absolute Gasteiger partial charge is 0.274 e. The number of hydrogen-bond acceptors (Lipinski definition) is 5. The highest BCUT2D eigenvalue weighted by Gasteiger charge is 2.29. The number of hydrogen-bond donors (Lipinski definition) is 0. The molecular formula is C16H14ClN3O4. The number of aromatic nitrogens is 1. The van der Waals surface area contributed by atoms with Crippen LogP contribution in [-0.2, 0) is 6.42 Å². The molecule has 0 unspecified atom stereocenters. The van der Waals surface area contributed by atoms with E-state index < -0.39 is 4.92 Å². The number of halogens is 1. The number of benzene rings is 1. The van der Waals surface area contributed by atoms with Gasteiger partial charge in [0.05, 0.1) is 23.3 Å². The molecule has 2 heterocycles. The Morgan fingerprint density at radius 1 is 1.42 bits per heavy atom. The fraction of sp³-hybridized carbons (Fsp3) is 0.250. The Labute approximate surface area is 143 Å². The molecule has 1 aromatic heterocycles. The second-order valence-electron chi connectivity index (χ2n) is 5.45. The van der Waals surface area contributed by atoms with Crippen molar-refractivity contribution in [1.29, 1.82) is 0 Å². The van der Waals surface area contributed by atoms with Gasteiger partial charge in [-0.2, -0.15) is 0 Å². The minimum absolute atomic E-state index is 0.000613. The molecule has 7 nitrogen and oxygen atoms in total. The van der Waals surface area contributed by atoms with Crippen LogP contribution in [0.4, 0.5) is 11.4 Å². The molecule has 2 aromatic rings. The number of pyridine rings is 1. The number of nitro groups is 1. The Morgan fingerprint density at radius 2 is 2.17 bits per heavy atom. The van der Waals surface area contributed by atoms with Crippen molar-refractivity contribution in [2.24, 2.45) is 0 Å². The number of carbonyl (C=O) groups is 1. The number of fused-ring (bicyclic) bond motifs is 1. The first-order valence-electron chi connectivity index (χ1n) is 7.21. The van der Waals surface area contributed by atoms with E-state index in [1.807, 2.05) is 0 Å². The summed E-state index contributed by atoms with van der Waals surface area (Å²) in [6.07, 6.45) is 2.03. The van der Waals surface area contributed by atoms with E-state index in [0.29, 0.717) is 29.8 Å². The van der Waals surface area contributed by atoms with Crippen LogP contribution in [-0.4, -0.2) is 29.5 Å². The van der Waals surface area contributed by atoms with E-state index in [0.717, 1.165) is 5.56 Å². The number of aryl methyl sites for hydroxylation is 1. The van der Waals surface area contributed by atoms with E-state index in [9.17, 15) is 14.9 Å². The fourth-order valence-corrected chi connectivity index (χ4v) is 3.05. The number of methoxy groups -OCH3 is 1. The maximum atomic E-state index is 12.7. The van der Waals surface area contributed by atoms with Gasteiger partial charge in [-0.3, -0.25) is 14.9 Å². The third kappa shape index (κ3) is 2.67. The van der Waals surface area contributed by atoms with Gasteiger partial charge in [-0.1, -0.05) is 11.6 Å². The summed E-state index contributed by atoms with van der Waals surface area (Å²) >= 11 is 6.02. The summed E-state index contributed by atoms with van der Waals surface area (Å²) < 4.78 is 4.97. The lowest BCUT2D eigenvalue weighted by molar-refractivity contribution is -0.385. The van der Waals surface area contributed by atoms with Crippen molar-refractivity contribution >= 4 is 28.9 Å². The molecule has 0 bridgehead atoms. The minimum atomic E-state index is -0.442. The van der Waals surface area contributed by atoms with Crippen LogP contribution in [0.2, 0.25) is 5.02 Å². The summed E-state index contributed by atoms with van der Waals surface area (Å²) in [4.78, 5) is 29.0. The second kappa shape index (κ2) is 6.09. The van der Waals surface area contributed by atoms with Crippen molar-refractivity contribution in [2.45, 2.75) is 13.3 Å². The lowest BCUT2D eigenvalue weighted by Gasteiger charge is -2.17. The van der Waals surface area contributed by atoms with E-state index in [-0.39, 0.29) is 22.5 Å². The normalized spacial score (nSPS) is 12.9. The van der Waals surface area contributed by atoms with Crippen LogP contribution < -0.4 is 9.64 Å². The summed E-state index contributed by atoms with van der Waals surface area (Å²) in [5.74, 6) is -0.0646. The maximum Gasteiger partial charge on any atom is 0.274 e. The first-order chi connectivity index (χ1) is 11.4. The molecule has 0 saturated carbocycles. The topological polar surface area (TPSA) is 85.6 Å². The van der Waals surface area contributed by atoms with E-state index in [2.05, 4.69) is 4.98 Å². The Morgan fingerprint density at radius 3 is 2.79 bits per heavy atom. The number of carbonyl (C=O) groups excluding carboxylic acids is 1. The van der Waals surface area contributed by atoms with E-state index in [4.69, 9.17) is 16.3 Å². The van der Waals surface area contributed by atoms with E-state index in [1.165, 1.54) is 30.3 Å². The van der Waals surface area contributed by atoms with Crippen molar-refractivity contribution < 1.29 is 14.5 Å². The van der Waals surface area contributed by atoms with Crippen LogP contribution in [0, 0.1) is 17.0 Å². The highest BCUT2D eigenvalue weighted by Crippen LogP contribution is 2.35. The standard InChI is InChI=1S/C16H14ClN3O4/c1-9-5-10-3-4-19(14(10)7-13(9)20(22)23)16(21)11-6-12(17)15(24-2)18-8-11/h5-8H,3-4H2,1-2H3. The van der Waals surface area contributed by atoms with Crippen LogP contribution in [0.5, 0.6) is 5.88 Å². The Hall–Kier alpha value is -2.67. The molecule has 0 spiro atoms. The summed E-state index contributed by atoms with van der Waals surface area (Å²) in [6.45, 7) is 2.15. The molecule has 0 fully saturated rings. The highest BCUT2D eigenvalue weighted by molar-refractivity contribution is 6.32. The van der Waals surface area contributed by atoms with Crippen LogP contribution >= 0.6 is 11.6 Å². The van der Waals surface area contributed by atoms with Gasteiger partial charge in [0.1, 0.15) is 5.02 Å². The first kappa shape index (κ1) is 16.2. The van der Waals surface area contributed by atoms with Crippen molar-refractivity contribution in [2.75, 3.05) is 18.6 Å². The zero-order valence-corrected chi connectivity index (χ0v) is 13.8. The average Bonchev–Trinajstić information content (AvgIpc) is 2.95. The van der Waals surface area contributed by atoms with Crippen LogP contribution in [0.15, 0.2) is 24.4 Å². The third-order valence-corrected chi connectivity index (χ3v) is 4.25. The van der Waals surface area contributed by atoms with E-state index in [1.54, 1.807) is 13.0 Å². The highest BCUT2D eigenvalue weighted by atomic mass is 35.5. The molecule has 0 N–H and O–H groups in total. The van der Waals surface area contributed by atoms with Gasteiger partial charge < -0.3 is 9.64 Å². The Balaban J connectivity index is 1.98. The summed E-state index contributed by atoms with van der Waals surface area (Å²) in [7, 11) is 1.44. The molecule has 1 aromatic carbocycles. The fourth-order valence-electron chi connectivity index (χ4n) is 2.81. The average molecular weight is 348 g/mol. The summed E-state index contributed by atoms with van der Waals surface area (Å²) in [6, 6.07) is 4.70. The van der Waals surface area contributed by atoms with Crippen molar-refractivity contribution in [3.63, 3.8) is 0 Å². The lowest BCUT2D eigenvalue weighted by Crippen LogP contribution is -2.29. The van der Waals surface area contributed by atoms with Crippen LogP contribution in [0.1, 0.15) is 21.5 Å². The third-order valence-electron chi connectivity index (χ3n) is 3.98. The molecule has 1 aliphatic heterocycles. The quantitative estimate of drug-likeness (QED) is 0.628. The molecule has 8 heteroatoms. The SMILES string of the molecule is COc1ncc(C(=O)N2CCc3cc(C)c([N+](=O)[O-])cc32)cc1Cl. The number of anilines is 1. The van der Waals surface area contributed by atoms with Gasteiger partial charge in [-0.15, -0.1) is 0 Å². The van der Waals surface area contributed by atoms with Gasteiger partial charge in [-0.25, -0.2) is 4.98 Å². The largest absolute Gasteiger partial charge is 0.480 e. The molecule has 24 heavy (non-hydrogen) atoms. The Bertz CT molecular complexity index is 853. The zero-order valence-electron chi connectivity index (χ0n) is 13.1. The number of nitrogens with zero attached hydrogens (tertiary/aromatic N) is 3. The predicted molar refractivity (Wildman–Crippen MR) is 89.0 cm³/mol. The molecule has 124 valence electrons. The molecular weight excluding hydrogens is 334 g/mol. The van der Waals surface area contributed by atoms with E-state index >= 15 is 0 Å². The minimum Gasteiger partial charge on any atom is -0.480 e. The van der Waals surface area contributed by atoms with Crippen molar-refractivity contribution in [3.8, 4) is 5.88 Å². The van der Waals surface area contributed by atoms with Crippen LogP contribution in [0.3, 0.4) is 0 Å². The molecule has 3 rings (SSSR count). The summed E-state index contributed by atoms with van der Waals surface area (Å²) in [5, 5.41) is 11.4. The van der Waals surface area contributed by atoms with Crippen molar-refractivity contribution in [1.82, 2.24) is 4.98 Å². The van der Waals surface area contributed by atoms with Crippen molar-refractivity contribution in [3.05, 3.63) is 56.2 Å². The predicted octanol–water partition coefficient (Wildman–Crippen LogP) is 3.16. The first-order valence-corrected chi connectivity index (χ1v) is 7.59. The summed E-state index contributed by atoms with van der Waals surface area (Å²) in [5.41, 5.74) is 2.36. The molecule has 0 radical (unpaired) electrons.